The smallest absolute Gasteiger partial charge is 0.225 e. The predicted molar refractivity (Wildman–Crippen MR) is 288 cm³/mol. The van der Waals surface area contributed by atoms with Gasteiger partial charge < -0.3 is 40.3 Å². The number of pyridine rings is 3. The van der Waals surface area contributed by atoms with Crippen molar-refractivity contribution in [2.75, 3.05) is 98.9 Å². The van der Waals surface area contributed by atoms with Crippen LogP contribution >= 0.6 is 0 Å². The molecule has 372 valence electrons. The van der Waals surface area contributed by atoms with E-state index in [0.29, 0.717) is 26.1 Å². The molecule has 3 saturated heterocycles. The summed E-state index contributed by atoms with van der Waals surface area (Å²) < 4.78 is 7.50. The van der Waals surface area contributed by atoms with E-state index in [4.69, 9.17) is 14.7 Å². The number of carbonyl (C=O) groups is 2. The van der Waals surface area contributed by atoms with E-state index in [-0.39, 0.29) is 17.9 Å². The van der Waals surface area contributed by atoms with Crippen LogP contribution in [0, 0.1) is 0 Å². The molecule has 3 aliphatic rings. The van der Waals surface area contributed by atoms with Gasteiger partial charge in [0.15, 0.2) is 0 Å². The molecule has 1 atom stereocenters. The SMILES string of the molecule is CC1COCCN1c1cc(-c2ccnn2C)c2ccnc(-c3ccn[nH]3)c2n1.CN(C)c1ccc(Nc2c3ccc(NC(=O)CCN4CCCC4)cc3nc3cc(NC(=O)CCN4CCCC4)ccc23)cc1. The molecule has 17 heteroatoms. The second-order valence-electron chi connectivity index (χ2n) is 19.2. The number of fused-ring (bicyclic) bond motifs is 3. The van der Waals surface area contributed by atoms with Gasteiger partial charge in [0, 0.05) is 117 Å². The number of aromatic amines is 1. The third-order valence-corrected chi connectivity index (χ3v) is 13.9. The minimum absolute atomic E-state index is 0.00954. The third-order valence-electron chi connectivity index (χ3n) is 13.9. The number of hydrogen-bond acceptors (Lipinski definition) is 13. The molecule has 1 unspecified atom stereocenters. The number of anilines is 6. The van der Waals surface area contributed by atoms with Crippen molar-refractivity contribution < 1.29 is 14.3 Å². The minimum atomic E-state index is 0.00954. The van der Waals surface area contributed by atoms with Gasteiger partial charge in [0.2, 0.25) is 11.8 Å². The average Bonchev–Trinajstić information content (AvgIpc) is 4.26. The molecule has 3 aliphatic heterocycles. The van der Waals surface area contributed by atoms with Crippen molar-refractivity contribution in [3.63, 3.8) is 0 Å². The number of amides is 2. The van der Waals surface area contributed by atoms with Gasteiger partial charge in [-0.25, -0.2) is 9.97 Å². The van der Waals surface area contributed by atoms with E-state index in [1.807, 2.05) is 92.8 Å². The predicted octanol–water partition coefficient (Wildman–Crippen LogP) is 8.69. The largest absolute Gasteiger partial charge is 0.378 e. The van der Waals surface area contributed by atoms with Gasteiger partial charge in [0.05, 0.1) is 47.4 Å². The van der Waals surface area contributed by atoms with Gasteiger partial charge in [0.1, 0.15) is 17.0 Å². The summed E-state index contributed by atoms with van der Waals surface area (Å²) in [7, 11) is 6.01. The lowest BCUT2D eigenvalue weighted by Gasteiger charge is -2.34. The summed E-state index contributed by atoms with van der Waals surface area (Å²) in [5.74, 6) is 0.943. The van der Waals surface area contributed by atoms with Gasteiger partial charge in [-0.05, 0) is 144 Å². The standard InChI is InChI=1S/C35H43N7O2.C20H21N7O/c1-40(2)28-11-7-25(8-12-28)38-35-29-13-9-26(36-33(43)15-21-41-17-3-4-18-41)23-31(29)39-32-24-27(10-14-30(32)35)37-34(44)16-22-42-19-5-6-20-42;1-13-12-28-10-9-27(13)18-11-15(17-5-8-23-26(17)2)14-3-6-21-20(19(14)24-18)16-4-7-22-25-16/h7-14,23-24H,3-6,15-22H2,1-2H3,(H,36,43)(H,37,44)(H,38,39);3-8,11,13H,9-10,12H2,1-2H3,(H,22,25). The molecule has 0 spiro atoms. The van der Waals surface area contributed by atoms with Crippen LogP contribution in [0.3, 0.4) is 0 Å². The van der Waals surface area contributed by atoms with E-state index in [0.717, 1.165) is 135 Å². The molecule has 5 aromatic heterocycles. The summed E-state index contributed by atoms with van der Waals surface area (Å²) in [6.07, 6.45) is 11.2. The van der Waals surface area contributed by atoms with Gasteiger partial charge in [-0.1, -0.05) is 0 Å². The maximum Gasteiger partial charge on any atom is 0.225 e. The second-order valence-corrected chi connectivity index (χ2v) is 19.2. The molecule has 8 heterocycles. The first-order valence-electron chi connectivity index (χ1n) is 25.2. The normalized spacial score (nSPS) is 16.3. The Labute approximate surface area is 420 Å². The van der Waals surface area contributed by atoms with E-state index < -0.39 is 0 Å². The van der Waals surface area contributed by atoms with Gasteiger partial charge >= 0.3 is 0 Å². The minimum Gasteiger partial charge on any atom is -0.378 e. The fraction of sp³-hybridized carbons (Fsp3) is 0.364. The Bertz CT molecular complexity index is 3070. The van der Waals surface area contributed by atoms with Gasteiger partial charge in [0.25, 0.3) is 0 Å². The summed E-state index contributed by atoms with van der Waals surface area (Å²) in [5.41, 5.74) is 10.6. The van der Waals surface area contributed by atoms with Crippen molar-refractivity contribution in [1.29, 1.82) is 0 Å². The van der Waals surface area contributed by atoms with Crippen LogP contribution < -0.4 is 25.8 Å². The molecule has 4 N–H and O–H groups in total. The summed E-state index contributed by atoms with van der Waals surface area (Å²) >= 11 is 0. The lowest BCUT2D eigenvalue weighted by Crippen LogP contribution is -2.44. The Morgan fingerprint density at radius 2 is 1.36 bits per heavy atom. The summed E-state index contributed by atoms with van der Waals surface area (Å²) in [5, 5.41) is 24.2. The summed E-state index contributed by atoms with van der Waals surface area (Å²) in [6, 6.07) is 28.4. The fourth-order valence-electron chi connectivity index (χ4n) is 9.99. The Morgan fingerprint density at radius 1 is 0.722 bits per heavy atom. The fourth-order valence-corrected chi connectivity index (χ4v) is 9.99. The monoisotopic (exact) mass is 969 g/mol. The number of aromatic nitrogens is 7. The number of carbonyl (C=O) groups excluding carboxylic acids is 2. The molecule has 72 heavy (non-hydrogen) atoms. The van der Waals surface area contributed by atoms with Crippen molar-refractivity contribution in [3.05, 3.63) is 104 Å². The van der Waals surface area contributed by atoms with Gasteiger partial charge in [-0.3, -0.25) is 24.4 Å². The quantitative estimate of drug-likeness (QED) is 0.0762. The highest BCUT2D eigenvalue weighted by Gasteiger charge is 2.24. The van der Waals surface area contributed by atoms with E-state index in [1.54, 1.807) is 6.20 Å². The maximum absolute atomic E-state index is 12.8. The molecular formula is C55H64N14O3. The zero-order chi connectivity index (χ0) is 49.6. The number of nitrogens with one attached hydrogen (secondary N) is 4. The molecule has 0 aliphatic carbocycles. The number of aryl methyl sites for hydroxylation is 1. The zero-order valence-corrected chi connectivity index (χ0v) is 41.7. The topological polar surface area (TPSA) is 178 Å². The Balaban J connectivity index is 0.000000182. The molecule has 8 aromatic rings. The lowest BCUT2D eigenvalue weighted by molar-refractivity contribution is -0.117. The van der Waals surface area contributed by atoms with Crippen LogP contribution in [0.4, 0.5) is 34.3 Å². The Hall–Kier alpha value is -7.47. The highest BCUT2D eigenvalue weighted by molar-refractivity contribution is 6.11. The lowest BCUT2D eigenvalue weighted by atomic mass is 10.0. The Morgan fingerprint density at radius 3 is 1.93 bits per heavy atom. The number of hydrogen-bond donors (Lipinski definition) is 4. The van der Waals surface area contributed by atoms with Crippen molar-refractivity contribution in [2.24, 2.45) is 7.05 Å². The van der Waals surface area contributed by atoms with Crippen LogP contribution in [-0.2, 0) is 21.4 Å². The van der Waals surface area contributed by atoms with E-state index in [9.17, 15) is 9.59 Å². The van der Waals surface area contributed by atoms with Crippen molar-refractivity contribution in [3.8, 4) is 22.6 Å². The molecule has 0 bridgehead atoms. The number of rotatable bonds is 14. The highest BCUT2D eigenvalue weighted by Crippen LogP contribution is 2.37. The average molecular weight is 969 g/mol. The Kier molecular flexibility index (Phi) is 14.6. The van der Waals surface area contributed by atoms with Crippen molar-refractivity contribution in [2.45, 2.75) is 51.5 Å². The molecule has 3 fully saturated rings. The van der Waals surface area contributed by atoms with Crippen molar-refractivity contribution in [1.82, 2.24) is 44.7 Å². The molecule has 3 aromatic carbocycles. The molecule has 11 rings (SSSR count). The number of morpholine rings is 1. The maximum atomic E-state index is 12.8. The molecule has 0 radical (unpaired) electrons. The van der Waals surface area contributed by atoms with Crippen LogP contribution in [0.1, 0.15) is 45.4 Å². The van der Waals surface area contributed by atoms with Gasteiger partial charge in [-0.2, -0.15) is 10.2 Å². The summed E-state index contributed by atoms with van der Waals surface area (Å²) in [6.45, 7) is 10.3. The molecule has 17 nitrogen and oxygen atoms in total. The number of ether oxygens (including phenoxy) is 1. The number of benzene rings is 3. The van der Waals surface area contributed by atoms with Crippen LogP contribution in [0.15, 0.2) is 104 Å². The van der Waals surface area contributed by atoms with Crippen LogP contribution in [0.25, 0.3) is 55.4 Å². The molecule has 2 amide bonds. The molecular weight excluding hydrogens is 905 g/mol. The number of likely N-dealkylation sites (tertiary alicyclic amines) is 2. The van der Waals surface area contributed by atoms with Crippen LogP contribution in [0.5, 0.6) is 0 Å². The van der Waals surface area contributed by atoms with Crippen LogP contribution in [0.2, 0.25) is 0 Å². The second kappa shape index (κ2) is 21.9. The number of H-pyrrole nitrogens is 1. The van der Waals surface area contributed by atoms with E-state index >= 15 is 0 Å². The van der Waals surface area contributed by atoms with Crippen LogP contribution in [-0.4, -0.2) is 136 Å². The first kappa shape index (κ1) is 48.2. The first-order valence-corrected chi connectivity index (χ1v) is 25.2. The molecule has 0 saturated carbocycles. The summed E-state index contributed by atoms with van der Waals surface area (Å²) in [4.78, 5) is 49.2. The van der Waals surface area contributed by atoms with E-state index in [2.05, 4.69) is 93.1 Å². The number of nitrogens with zero attached hydrogens (tertiary/aromatic N) is 10. The van der Waals surface area contributed by atoms with E-state index in [1.165, 1.54) is 25.7 Å². The highest BCUT2D eigenvalue weighted by atomic mass is 16.5. The first-order chi connectivity index (χ1) is 35.1. The third kappa shape index (κ3) is 11.0. The van der Waals surface area contributed by atoms with Gasteiger partial charge in [-0.15, -0.1) is 0 Å². The van der Waals surface area contributed by atoms with Crippen molar-refractivity contribution >= 4 is 78.8 Å². The zero-order valence-electron chi connectivity index (χ0n) is 41.7.